The van der Waals surface area contributed by atoms with Crippen molar-refractivity contribution in [2.24, 2.45) is 0 Å². The number of benzene rings is 4. The first-order valence-corrected chi connectivity index (χ1v) is 17.4. The Kier molecular flexibility index (Phi) is 11.2. The average molecular weight is 607 g/mol. The summed E-state index contributed by atoms with van der Waals surface area (Å²) in [5, 5.41) is 35.6. The first-order chi connectivity index (χ1) is 21.1. The average Bonchev–Trinajstić information content (AvgIpc) is 3.03. The van der Waals surface area contributed by atoms with Gasteiger partial charge in [0.25, 0.3) is 8.32 Å². The Hall–Kier alpha value is -3.74. The fourth-order valence-corrected chi connectivity index (χ4v) is 10.7. The predicted octanol–water partition coefficient (Wildman–Crippen LogP) is 7.53. The van der Waals surface area contributed by atoms with E-state index in [0.717, 1.165) is 22.8 Å². The van der Waals surface area contributed by atoms with Crippen molar-refractivity contribution in [3.05, 3.63) is 132 Å². The maximum absolute atomic E-state index is 11.4. The van der Waals surface area contributed by atoms with Crippen LogP contribution in [0.25, 0.3) is 16.8 Å². The zero-order chi connectivity index (χ0) is 31.7. The molecule has 44 heavy (non-hydrogen) atoms. The lowest BCUT2D eigenvalue weighted by molar-refractivity contribution is 0.198. The number of fused-ring (bicyclic) bond motifs is 1. The number of aromatic hydroxyl groups is 1. The Morgan fingerprint density at radius 3 is 1.98 bits per heavy atom. The molecule has 0 radical (unpaired) electrons. The third kappa shape index (κ3) is 7.31. The molecule has 4 aromatic carbocycles. The van der Waals surface area contributed by atoms with E-state index in [9.17, 15) is 15.3 Å². The van der Waals surface area contributed by atoms with E-state index < -0.39 is 14.4 Å². The van der Waals surface area contributed by atoms with Crippen LogP contribution in [0.1, 0.15) is 52.5 Å². The Bertz CT molecular complexity index is 1560. The first-order valence-electron chi connectivity index (χ1n) is 15.4. The van der Waals surface area contributed by atoms with Gasteiger partial charge in [-0.1, -0.05) is 143 Å². The number of hydrogen-bond donors (Lipinski definition) is 3. The van der Waals surface area contributed by atoms with Crippen molar-refractivity contribution < 1.29 is 19.7 Å². The highest BCUT2D eigenvalue weighted by atomic mass is 28.4. The van der Waals surface area contributed by atoms with Gasteiger partial charge in [-0.15, -0.1) is 0 Å². The monoisotopic (exact) mass is 606 g/mol. The second-order valence-electron chi connectivity index (χ2n) is 12.3. The lowest BCUT2D eigenvalue weighted by Gasteiger charge is -2.43. The van der Waals surface area contributed by atoms with Gasteiger partial charge in [-0.05, 0) is 62.8 Å². The minimum absolute atomic E-state index is 0.186. The van der Waals surface area contributed by atoms with Crippen LogP contribution in [0.15, 0.2) is 126 Å². The van der Waals surface area contributed by atoms with Crippen molar-refractivity contribution in [3.63, 3.8) is 0 Å². The molecule has 5 heteroatoms. The van der Waals surface area contributed by atoms with Gasteiger partial charge in [0.15, 0.2) is 0 Å². The van der Waals surface area contributed by atoms with E-state index in [4.69, 9.17) is 4.43 Å². The largest absolute Gasteiger partial charge is 0.507 e. The second kappa shape index (κ2) is 14.8. The summed E-state index contributed by atoms with van der Waals surface area (Å²) in [6.45, 7) is 13.2. The first kappa shape index (κ1) is 33.2. The molecule has 3 N–H and O–H groups in total. The van der Waals surface area contributed by atoms with Crippen molar-refractivity contribution in [2.45, 2.75) is 58.1 Å². The molecule has 4 nitrogen and oxygen atoms in total. The van der Waals surface area contributed by atoms with Gasteiger partial charge in [0.05, 0.1) is 19.3 Å². The van der Waals surface area contributed by atoms with E-state index in [0.29, 0.717) is 24.0 Å². The van der Waals surface area contributed by atoms with Crippen molar-refractivity contribution in [1.29, 1.82) is 0 Å². The van der Waals surface area contributed by atoms with Crippen molar-refractivity contribution >= 4 is 35.5 Å². The molecular formula is C39H46O4Si. The molecule has 0 aliphatic rings. The molecule has 0 fully saturated rings. The van der Waals surface area contributed by atoms with Crippen LogP contribution in [0, 0.1) is 0 Å². The van der Waals surface area contributed by atoms with Crippen LogP contribution in [-0.2, 0) is 4.43 Å². The molecule has 230 valence electrons. The van der Waals surface area contributed by atoms with Gasteiger partial charge in [0.1, 0.15) is 5.75 Å². The summed E-state index contributed by atoms with van der Waals surface area (Å²) >= 11 is 0. The van der Waals surface area contributed by atoms with Gasteiger partial charge >= 0.3 is 0 Å². The normalized spacial score (nSPS) is 13.7. The van der Waals surface area contributed by atoms with E-state index in [1.807, 2.05) is 42.5 Å². The van der Waals surface area contributed by atoms with E-state index >= 15 is 0 Å². The molecule has 1 unspecified atom stereocenters. The van der Waals surface area contributed by atoms with Gasteiger partial charge in [-0.25, -0.2) is 0 Å². The minimum Gasteiger partial charge on any atom is -0.507 e. The second-order valence-corrected chi connectivity index (χ2v) is 16.6. The molecular weight excluding hydrogens is 561 g/mol. The summed E-state index contributed by atoms with van der Waals surface area (Å²) < 4.78 is 7.06. The molecule has 1 atom stereocenters. The van der Waals surface area contributed by atoms with Crippen molar-refractivity contribution in [3.8, 4) is 5.75 Å². The fourth-order valence-electron chi connectivity index (χ4n) is 6.14. The lowest BCUT2D eigenvalue weighted by Crippen LogP contribution is -2.66. The topological polar surface area (TPSA) is 69.9 Å². The van der Waals surface area contributed by atoms with Crippen LogP contribution in [0.3, 0.4) is 0 Å². The van der Waals surface area contributed by atoms with Gasteiger partial charge in [0, 0.05) is 5.39 Å². The number of aliphatic hydroxyl groups is 2. The molecule has 0 bridgehead atoms. The zero-order valence-corrected chi connectivity index (χ0v) is 27.5. The smallest absolute Gasteiger partial charge is 0.261 e. The minimum atomic E-state index is -2.79. The zero-order valence-electron chi connectivity index (χ0n) is 26.5. The number of phenolic OH excluding ortho intramolecular Hbond substituents is 1. The Morgan fingerprint density at radius 1 is 0.864 bits per heavy atom. The highest BCUT2D eigenvalue weighted by Crippen LogP contribution is 2.37. The number of rotatable bonds is 13. The maximum atomic E-state index is 11.4. The Labute approximate surface area is 263 Å². The number of allylic oxidation sites excluding steroid dienone is 1. The summed E-state index contributed by atoms with van der Waals surface area (Å²) in [5.74, 6) is 0.267. The lowest BCUT2D eigenvalue weighted by atomic mass is 9.94. The van der Waals surface area contributed by atoms with Crippen LogP contribution in [-0.4, -0.2) is 43.0 Å². The third-order valence-corrected chi connectivity index (χ3v) is 13.4. The van der Waals surface area contributed by atoms with Gasteiger partial charge in [0.2, 0.25) is 0 Å². The predicted molar refractivity (Wildman–Crippen MR) is 187 cm³/mol. The van der Waals surface area contributed by atoms with Crippen molar-refractivity contribution in [1.82, 2.24) is 0 Å². The van der Waals surface area contributed by atoms with Crippen LogP contribution >= 0.6 is 0 Å². The molecule has 4 aromatic rings. The van der Waals surface area contributed by atoms with E-state index in [-0.39, 0.29) is 24.0 Å². The molecule has 0 amide bonds. The highest BCUT2D eigenvalue weighted by molar-refractivity contribution is 6.99. The van der Waals surface area contributed by atoms with Crippen LogP contribution in [0.5, 0.6) is 5.75 Å². The third-order valence-electron chi connectivity index (χ3n) is 8.45. The summed E-state index contributed by atoms with van der Waals surface area (Å²) in [5.41, 5.74) is 3.53. The number of aliphatic hydroxyl groups excluding tert-OH is 2. The fraction of sp³-hybridized carbons (Fsp3) is 0.282. The molecule has 0 heterocycles. The standard InChI is InChI=1S/C39H46O4Si/c1-6-30(27-31-22-24-38(42)36-20-14-13-19-35(31)36)21-23-37(41)34(25-26-40)29(2)28-43-44(39(3,4)5,32-15-9-7-10-16-32)33-17-11-8-12-18-33/h7-20,22,24-25,27,37,40-42H,2,6,21,23,26,28H2,1,3-5H3/b30-27+,34-25-. The van der Waals surface area contributed by atoms with Crippen LogP contribution in [0.2, 0.25) is 5.04 Å². The molecule has 0 aliphatic heterocycles. The quantitative estimate of drug-likeness (QED) is 0.109. The highest BCUT2D eigenvalue weighted by Gasteiger charge is 2.50. The molecule has 4 rings (SSSR count). The van der Waals surface area contributed by atoms with Crippen LogP contribution in [0.4, 0.5) is 0 Å². The Balaban J connectivity index is 1.55. The summed E-state index contributed by atoms with van der Waals surface area (Å²) in [4.78, 5) is 0. The van der Waals surface area contributed by atoms with Gasteiger partial charge < -0.3 is 19.7 Å². The molecule has 0 saturated carbocycles. The molecule has 0 saturated heterocycles. The van der Waals surface area contributed by atoms with E-state index in [1.54, 1.807) is 12.1 Å². The van der Waals surface area contributed by atoms with Gasteiger partial charge in [-0.2, -0.15) is 0 Å². The van der Waals surface area contributed by atoms with E-state index in [1.165, 1.54) is 15.9 Å². The maximum Gasteiger partial charge on any atom is 0.261 e. The number of phenols is 1. The summed E-state index contributed by atoms with van der Waals surface area (Å²) in [6, 6.07) is 32.4. The van der Waals surface area contributed by atoms with Crippen molar-refractivity contribution in [2.75, 3.05) is 13.2 Å². The molecule has 0 aromatic heterocycles. The number of hydrogen-bond acceptors (Lipinski definition) is 4. The summed E-state index contributed by atoms with van der Waals surface area (Å²) in [7, 11) is -2.79. The SMILES string of the molecule is C=C(CO[Si](c1ccccc1)(c1ccccc1)C(C)(C)C)/C(=C/CO)C(O)CC/C(=C/c1ccc(O)c2ccccc12)CC. The molecule has 0 aliphatic carbocycles. The molecule has 0 spiro atoms. The van der Waals surface area contributed by atoms with Gasteiger partial charge in [-0.3, -0.25) is 0 Å². The Morgan fingerprint density at radius 2 is 1.43 bits per heavy atom. The van der Waals surface area contributed by atoms with Crippen LogP contribution < -0.4 is 10.4 Å². The van der Waals surface area contributed by atoms with E-state index in [2.05, 4.69) is 88.9 Å². The summed E-state index contributed by atoms with van der Waals surface area (Å²) in [6.07, 6.45) is 5.01.